The zero-order chi connectivity index (χ0) is 21.0. The van der Waals surface area contributed by atoms with Gasteiger partial charge in [-0.05, 0) is 48.0 Å². The van der Waals surface area contributed by atoms with E-state index in [4.69, 9.17) is 9.97 Å². The molecule has 0 aliphatic carbocycles. The van der Waals surface area contributed by atoms with Crippen molar-refractivity contribution >= 4 is 28.7 Å². The van der Waals surface area contributed by atoms with Crippen LogP contribution in [-0.2, 0) is 0 Å². The van der Waals surface area contributed by atoms with Crippen LogP contribution in [0.2, 0.25) is 0 Å². The van der Waals surface area contributed by atoms with Gasteiger partial charge < -0.3 is 5.32 Å². The van der Waals surface area contributed by atoms with Gasteiger partial charge in [0.15, 0.2) is 12.1 Å². The molecule has 0 amide bonds. The van der Waals surface area contributed by atoms with Gasteiger partial charge in [-0.25, -0.2) is 9.97 Å². The van der Waals surface area contributed by atoms with Crippen LogP contribution < -0.4 is 5.32 Å². The summed E-state index contributed by atoms with van der Waals surface area (Å²) in [4.78, 5) is 29.4. The maximum absolute atomic E-state index is 11.5. The van der Waals surface area contributed by atoms with Crippen LogP contribution in [-0.4, -0.2) is 26.2 Å². The Kier molecular flexibility index (Phi) is 4.86. The fraction of sp³-hybridized carbons (Fsp3) is 0. The highest BCUT2D eigenvalue weighted by Crippen LogP contribution is 2.31. The number of rotatable bonds is 5. The van der Waals surface area contributed by atoms with Crippen LogP contribution in [0.4, 0.5) is 11.5 Å². The summed E-state index contributed by atoms with van der Waals surface area (Å²) in [7, 11) is 0. The third-order valence-corrected chi connectivity index (χ3v) is 4.95. The van der Waals surface area contributed by atoms with Crippen molar-refractivity contribution in [1.82, 2.24) is 19.9 Å². The zero-order valence-electron chi connectivity index (χ0n) is 16.4. The lowest BCUT2D eigenvalue weighted by atomic mass is 10.0. The molecular weight excluding hydrogens is 386 g/mol. The Labute approximate surface area is 178 Å². The first-order chi connectivity index (χ1) is 15.3. The number of aromatic nitrogens is 4. The number of anilines is 2. The lowest BCUT2D eigenvalue weighted by Crippen LogP contribution is -2.01. The Morgan fingerprint density at radius 2 is 1.52 bits per heavy atom. The summed E-state index contributed by atoms with van der Waals surface area (Å²) in [5, 5.41) is 4.18. The zero-order valence-corrected chi connectivity index (χ0v) is 16.4. The highest BCUT2D eigenvalue weighted by atomic mass is 16.1. The molecule has 6 nitrogen and oxygen atoms in total. The van der Waals surface area contributed by atoms with E-state index in [-0.39, 0.29) is 0 Å². The molecule has 3 heterocycles. The lowest BCUT2D eigenvalue weighted by molar-refractivity contribution is 0.112. The highest BCUT2D eigenvalue weighted by Gasteiger charge is 2.13. The van der Waals surface area contributed by atoms with Gasteiger partial charge in [-0.3, -0.25) is 14.8 Å². The van der Waals surface area contributed by atoms with Crippen molar-refractivity contribution in [2.24, 2.45) is 0 Å². The fourth-order valence-corrected chi connectivity index (χ4v) is 3.40. The van der Waals surface area contributed by atoms with E-state index in [1.807, 2.05) is 66.9 Å². The molecule has 6 heteroatoms. The molecule has 5 rings (SSSR count). The van der Waals surface area contributed by atoms with Gasteiger partial charge in [-0.2, -0.15) is 0 Å². The quantitative estimate of drug-likeness (QED) is 0.401. The van der Waals surface area contributed by atoms with E-state index in [0.717, 1.165) is 33.9 Å². The Bertz CT molecular complexity index is 1370. The number of fused-ring (bicyclic) bond motifs is 1. The number of nitrogens with one attached hydrogen (secondary N) is 1. The molecule has 5 aromatic rings. The van der Waals surface area contributed by atoms with Crippen molar-refractivity contribution in [2.75, 3.05) is 5.32 Å². The number of para-hydroxylation sites is 1. The largest absolute Gasteiger partial charge is 0.339 e. The molecular formula is C25H17N5O. The molecule has 2 aromatic carbocycles. The summed E-state index contributed by atoms with van der Waals surface area (Å²) >= 11 is 0. The van der Waals surface area contributed by atoms with Gasteiger partial charge in [0.1, 0.15) is 5.82 Å². The summed E-state index contributed by atoms with van der Waals surface area (Å²) < 4.78 is 0. The van der Waals surface area contributed by atoms with Gasteiger partial charge in [0.2, 0.25) is 0 Å². The number of carbonyl (C=O) groups is 1. The minimum atomic E-state index is 0.556. The predicted octanol–water partition coefficient (Wildman–Crippen LogP) is 5.31. The molecule has 0 bridgehead atoms. The fourth-order valence-electron chi connectivity index (χ4n) is 3.40. The van der Waals surface area contributed by atoms with E-state index in [1.165, 1.54) is 0 Å². The molecule has 0 fully saturated rings. The molecule has 0 saturated carbocycles. The van der Waals surface area contributed by atoms with Crippen LogP contribution in [0.3, 0.4) is 0 Å². The summed E-state index contributed by atoms with van der Waals surface area (Å²) in [5.74, 6) is 1.17. The van der Waals surface area contributed by atoms with Crippen molar-refractivity contribution in [3.63, 3.8) is 0 Å². The molecule has 0 spiro atoms. The van der Waals surface area contributed by atoms with Crippen LogP contribution in [0.1, 0.15) is 10.4 Å². The monoisotopic (exact) mass is 403 g/mol. The van der Waals surface area contributed by atoms with Crippen molar-refractivity contribution < 1.29 is 4.79 Å². The first-order valence-electron chi connectivity index (χ1n) is 9.76. The summed E-state index contributed by atoms with van der Waals surface area (Å²) in [6.07, 6.45) is 7.84. The highest BCUT2D eigenvalue weighted by molar-refractivity contribution is 5.96. The molecule has 0 unspecified atom stereocenters. The minimum absolute atomic E-state index is 0.556. The van der Waals surface area contributed by atoms with E-state index in [9.17, 15) is 4.79 Å². The van der Waals surface area contributed by atoms with E-state index < -0.39 is 0 Å². The average Bonchev–Trinajstić information content (AvgIpc) is 2.85. The number of pyridine rings is 2. The van der Waals surface area contributed by atoms with Crippen molar-refractivity contribution in [1.29, 1.82) is 0 Å². The minimum Gasteiger partial charge on any atom is -0.339 e. The molecule has 0 radical (unpaired) electrons. The van der Waals surface area contributed by atoms with Crippen molar-refractivity contribution in [2.45, 2.75) is 0 Å². The van der Waals surface area contributed by atoms with Gasteiger partial charge in [0, 0.05) is 46.9 Å². The Balaban J connectivity index is 1.71. The van der Waals surface area contributed by atoms with Crippen LogP contribution in [0.15, 0.2) is 91.5 Å². The molecule has 0 saturated heterocycles. The molecule has 0 aliphatic heterocycles. The molecule has 0 atom stereocenters. The standard InChI is InChI=1S/C25H17N5O/c31-16-20-5-1-2-8-22(20)28-25-21-13-17(18-6-3-11-26-14-18)9-10-23(21)29-24(30-25)19-7-4-12-27-15-19/h1-16H,(H,28,29,30). The van der Waals surface area contributed by atoms with Crippen molar-refractivity contribution in [3.8, 4) is 22.5 Å². The Hall–Kier alpha value is -4.45. The summed E-state index contributed by atoms with van der Waals surface area (Å²) in [6.45, 7) is 0. The Morgan fingerprint density at radius 1 is 0.742 bits per heavy atom. The molecule has 0 aliphatic rings. The predicted molar refractivity (Wildman–Crippen MR) is 121 cm³/mol. The Morgan fingerprint density at radius 3 is 2.26 bits per heavy atom. The lowest BCUT2D eigenvalue weighted by Gasteiger charge is -2.13. The van der Waals surface area contributed by atoms with Crippen LogP contribution >= 0.6 is 0 Å². The van der Waals surface area contributed by atoms with Gasteiger partial charge in [0.05, 0.1) is 11.2 Å². The van der Waals surface area contributed by atoms with Gasteiger partial charge >= 0.3 is 0 Å². The molecule has 148 valence electrons. The van der Waals surface area contributed by atoms with Crippen LogP contribution in [0.5, 0.6) is 0 Å². The SMILES string of the molecule is O=Cc1ccccc1Nc1nc(-c2cccnc2)nc2ccc(-c3cccnc3)cc12. The molecule has 31 heavy (non-hydrogen) atoms. The van der Waals surface area contributed by atoms with E-state index in [0.29, 0.717) is 22.9 Å². The second-order valence-corrected chi connectivity index (χ2v) is 6.94. The maximum Gasteiger partial charge on any atom is 0.163 e. The second kappa shape index (κ2) is 8.12. The van der Waals surface area contributed by atoms with E-state index >= 15 is 0 Å². The second-order valence-electron chi connectivity index (χ2n) is 6.94. The van der Waals surface area contributed by atoms with Crippen LogP contribution in [0.25, 0.3) is 33.4 Å². The number of benzene rings is 2. The number of nitrogens with zero attached hydrogens (tertiary/aromatic N) is 4. The molecule has 3 aromatic heterocycles. The smallest absolute Gasteiger partial charge is 0.163 e. The van der Waals surface area contributed by atoms with Crippen LogP contribution in [0, 0.1) is 0 Å². The first kappa shape index (κ1) is 18.6. The number of hydrogen-bond acceptors (Lipinski definition) is 6. The summed E-state index contributed by atoms with van der Waals surface area (Å²) in [5.41, 5.74) is 4.84. The van der Waals surface area contributed by atoms with Gasteiger partial charge in [0.25, 0.3) is 0 Å². The summed E-state index contributed by atoms with van der Waals surface area (Å²) in [6, 6.07) is 21.0. The van der Waals surface area contributed by atoms with E-state index in [2.05, 4.69) is 15.3 Å². The van der Waals surface area contributed by atoms with E-state index in [1.54, 1.807) is 24.7 Å². The van der Waals surface area contributed by atoms with Crippen molar-refractivity contribution in [3.05, 3.63) is 97.1 Å². The third-order valence-electron chi connectivity index (χ3n) is 4.95. The van der Waals surface area contributed by atoms with Gasteiger partial charge in [-0.1, -0.05) is 24.3 Å². The third kappa shape index (κ3) is 3.74. The number of carbonyl (C=O) groups excluding carboxylic acids is 1. The topological polar surface area (TPSA) is 80.7 Å². The first-order valence-corrected chi connectivity index (χ1v) is 9.76. The number of aldehydes is 1. The average molecular weight is 403 g/mol. The molecule has 1 N–H and O–H groups in total. The number of hydrogen-bond donors (Lipinski definition) is 1. The normalized spacial score (nSPS) is 10.7. The maximum atomic E-state index is 11.5. The van der Waals surface area contributed by atoms with Gasteiger partial charge in [-0.15, -0.1) is 0 Å².